The molecule has 0 unspecified atom stereocenters. The van der Waals surface area contributed by atoms with Gasteiger partial charge in [0.05, 0.1) is 6.42 Å². The Labute approximate surface area is 141 Å². The summed E-state index contributed by atoms with van der Waals surface area (Å²) in [5.74, 6) is -0.231. The summed E-state index contributed by atoms with van der Waals surface area (Å²) >= 11 is 0. The number of aryl methyl sites for hydroxylation is 1. The van der Waals surface area contributed by atoms with Crippen LogP contribution in [0.2, 0.25) is 0 Å². The molecule has 24 heavy (non-hydrogen) atoms. The Balaban J connectivity index is 1.63. The Hall–Kier alpha value is -2.62. The van der Waals surface area contributed by atoms with Crippen molar-refractivity contribution in [3.05, 3.63) is 71.2 Å². The molecule has 1 amide bonds. The number of carbonyl (C=O) groups excluding carboxylic acids is 1. The van der Waals surface area contributed by atoms with E-state index < -0.39 is 0 Å². The van der Waals surface area contributed by atoms with Crippen molar-refractivity contribution in [3.63, 3.8) is 0 Å². The summed E-state index contributed by atoms with van der Waals surface area (Å²) in [6.07, 6.45) is 1.07. The minimum absolute atomic E-state index is 0.0107. The topological polar surface area (TPSA) is 34.0 Å². The second kappa shape index (κ2) is 6.87. The minimum atomic E-state index is -0.241. The average molecular weight is 324 g/mol. The second-order valence-corrected chi connectivity index (χ2v) is 6.04. The van der Waals surface area contributed by atoms with Gasteiger partial charge < -0.3 is 9.88 Å². The predicted octanol–water partition coefficient (Wildman–Crippen LogP) is 3.53. The number of para-hydroxylation sites is 1. The van der Waals surface area contributed by atoms with Crippen molar-refractivity contribution in [2.75, 3.05) is 6.54 Å². The van der Waals surface area contributed by atoms with Crippen LogP contribution in [0, 0.1) is 12.7 Å². The number of hydrogen-bond donors (Lipinski definition) is 1. The summed E-state index contributed by atoms with van der Waals surface area (Å²) in [4.78, 5) is 12.3. The van der Waals surface area contributed by atoms with Crippen molar-refractivity contribution in [2.24, 2.45) is 7.05 Å². The third kappa shape index (κ3) is 3.32. The zero-order chi connectivity index (χ0) is 17.1. The van der Waals surface area contributed by atoms with Crippen LogP contribution in [0.15, 0.2) is 48.5 Å². The molecule has 0 fully saturated rings. The van der Waals surface area contributed by atoms with Crippen molar-refractivity contribution in [3.8, 4) is 0 Å². The number of aromatic nitrogens is 1. The number of rotatable bonds is 5. The Bertz CT molecular complexity index is 865. The van der Waals surface area contributed by atoms with Gasteiger partial charge in [0.2, 0.25) is 5.91 Å². The van der Waals surface area contributed by atoms with Crippen LogP contribution in [0.5, 0.6) is 0 Å². The summed E-state index contributed by atoms with van der Waals surface area (Å²) in [7, 11) is 2.02. The van der Waals surface area contributed by atoms with Crippen molar-refractivity contribution in [1.29, 1.82) is 0 Å². The highest BCUT2D eigenvalue weighted by Crippen LogP contribution is 2.25. The van der Waals surface area contributed by atoms with Gasteiger partial charge in [0.25, 0.3) is 0 Å². The lowest BCUT2D eigenvalue weighted by Crippen LogP contribution is -2.27. The molecule has 3 aromatic rings. The summed E-state index contributed by atoms with van der Waals surface area (Å²) in [5.41, 5.74) is 4.35. The van der Waals surface area contributed by atoms with Crippen LogP contribution in [-0.2, 0) is 24.7 Å². The van der Waals surface area contributed by atoms with E-state index in [1.807, 2.05) is 26.1 Å². The van der Waals surface area contributed by atoms with E-state index in [0.29, 0.717) is 19.4 Å². The number of nitrogens with one attached hydrogen (secondary N) is 1. The van der Waals surface area contributed by atoms with Crippen molar-refractivity contribution >= 4 is 16.8 Å². The van der Waals surface area contributed by atoms with E-state index >= 15 is 0 Å². The van der Waals surface area contributed by atoms with Crippen LogP contribution in [0.3, 0.4) is 0 Å². The van der Waals surface area contributed by atoms with Crippen LogP contribution in [0.25, 0.3) is 10.9 Å². The van der Waals surface area contributed by atoms with Crippen LogP contribution in [0.1, 0.15) is 16.8 Å². The third-order valence-corrected chi connectivity index (χ3v) is 4.52. The lowest BCUT2D eigenvalue weighted by molar-refractivity contribution is -0.120. The fraction of sp³-hybridized carbons (Fsp3) is 0.250. The molecule has 0 saturated carbocycles. The SMILES string of the molecule is Cc1c(CC(=O)NCCc2ccc(F)cc2)c2ccccc2n1C. The number of hydrogen-bond acceptors (Lipinski definition) is 1. The first-order valence-corrected chi connectivity index (χ1v) is 8.10. The molecule has 1 heterocycles. The van der Waals surface area contributed by atoms with Crippen LogP contribution in [-0.4, -0.2) is 17.0 Å². The fourth-order valence-electron chi connectivity index (χ4n) is 3.04. The molecule has 124 valence electrons. The van der Waals surface area contributed by atoms with Gasteiger partial charge in [-0.25, -0.2) is 4.39 Å². The molecule has 1 N–H and O–H groups in total. The number of nitrogens with zero attached hydrogens (tertiary/aromatic N) is 1. The van der Waals surface area contributed by atoms with E-state index in [4.69, 9.17) is 0 Å². The Kier molecular flexibility index (Phi) is 4.65. The normalized spacial score (nSPS) is 11.0. The molecule has 0 saturated heterocycles. The van der Waals surface area contributed by atoms with Gasteiger partial charge in [-0.1, -0.05) is 30.3 Å². The van der Waals surface area contributed by atoms with Gasteiger partial charge in [-0.15, -0.1) is 0 Å². The van der Waals surface area contributed by atoms with Crippen molar-refractivity contribution in [1.82, 2.24) is 9.88 Å². The molecule has 0 aliphatic carbocycles. The number of halogens is 1. The molecule has 0 aliphatic rings. The van der Waals surface area contributed by atoms with Crippen LogP contribution >= 0.6 is 0 Å². The molecular weight excluding hydrogens is 303 g/mol. The zero-order valence-corrected chi connectivity index (χ0v) is 14.0. The minimum Gasteiger partial charge on any atom is -0.355 e. The third-order valence-electron chi connectivity index (χ3n) is 4.52. The van der Waals surface area contributed by atoms with Gasteiger partial charge in [-0.05, 0) is 42.7 Å². The first kappa shape index (κ1) is 16.2. The lowest BCUT2D eigenvalue weighted by Gasteiger charge is -2.06. The molecule has 3 nitrogen and oxygen atoms in total. The number of amides is 1. The van der Waals surface area contributed by atoms with Gasteiger partial charge in [-0.2, -0.15) is 0 Å². The lowest BCUT2D eigenvalue weighted by atomic mass is 10.1. The number of carbonyl (C=O) groups is 1. The Morgan fingerprint density at radius 3 is 2.58 bits per heavy atom. The van der Waals surface area contributed by atoms with E-state index in [9.17, 15) is 9.18 Å². The summed E-state index contributed by atoms with van der Waals surface area (Å²) in [6.45, 7) is 2.59. The predicted molar refractivity (Wildman–Crippen MR) is 94.5 cm³/mol. The molecule has 0 bridgehead atoms. The van der Waals surface area contributed by atoms with Gasteiger partial charge in [0.1, 0.15) is 5.82 Å². The molecule has 2 aromatic carbocycles. The smallest absolute Gasteiger partial charge is 0.224 e. The first-order valence-electron chi connectivity index (χ1n) is 8.10. The fourth-order valence-corrected chi connectivity index (χ4v) is 3.04. The van der Waals surface area contributed by atoms with E-state index in [-0.39, 0.29) is 11.7 Å². The molecule has 0 atom stereocenters. The van der Waals surface area contributed by atoms with Crippen molar-refractivity contribution < 1.29 is 9.18 Å². The molecule has 1 aromatic heterocycles. The molecule has 0 radical (unpaired) electrons. The number of fused-ring (bicyclic) bond motifs is 1. The van der Waals surface area contributed by atoms with Crippen LogP contribution < -0.4 is 5.32 Å². The largest absolute Gasteiger partial charge is 0.355 e. The van der Waals surface area contributed by atoms with Crippen molar-refractivity contribution in [2.45, 2.75) is 19.8 Å². The standard InChI is InChI=1S/C20H21FN2O/c1-14-18(17-5-3-4-6-19(17)23(14)2)13-20(24)22-12-11-15-7-9-16(21)10-8-15/h3-10H,11-13H2,1-2H3,(H,22,24). The molecule has 0 aliphatic heterocycles. The van der Waals surface area contributed by atoms with E-state index in [1.165, 1.54) is 12.1 Å². The van der Waals surface area contributed by atoms with Crippen LogP contribution in [0.4, 0.5) is 4.39 Å². The van der Waals surface area contributed by atoms with Gasteiger partial charge in [-0.3, -0.25) is 4.79 Å². The highest BCUT2D eigenvalue weighted by molar-refractivity contribution is 5.90. The van der Waals surface area contributed by atoms with E-state index in [2.05, 4.69) is 22.0 Å². The molecular formula is C20H21FN2O. The monoisotopic (exact) mass is 324 g/mol. The van der Waals surface area contributed by atoms with Gasteiger partial charge in [0.15, 0.2) is 0 Å². The molecule has 3 rings (SSSR count). The Morgan fingerprint density at radius 1 is 1.12 bits per heavy atom. The summed E-state index contributed by atoms with van der Waals surface area (Å²) < 4.78 is 15.0. The van der Waals surface area contributed by atoms with Gasteiger partial charge in [0, 0.05) is 30.2 Å². The van der Waals surface area contributed by atoms with E-state index in [0.717, 1.165) is 27.7 Å². The maximum absolute atomic E-state index is 12.9. The number of benzene rings is 2. The highest BCUT2D eigenvalue weighted by Gasteiger charge is 2.14. The zero-order valence-electron chi connectivity index (χ0n) is 14.0. The molecule has 4 heteroatoms. The quantitative estimate of drug-likeness (QED) is 0.765. The molecule has 0 spiro atoms. The maximum atomic E-state index is 12.9. The average Bonchev–Trinajstić information content (AvgIpc) is 2.82. The van der Waals surface area contributed by atoms with E-state index in [1.54, 1.807) is 12.1 Å². The first-order chi connectivity index (χ1) is 11.6. The highest BCUT2D eigenvalue weighted by atomic mass is 19.1. The summed E-state index contributed by atoms with van der Waals surface area (Å²) in [6, 6.07) is 14.5. The second-order valence-electron chi connectivity index (χ2n) is 6.04. The Morgan fingerprint density at radius 2 is 1.83 bits per heavy atom. The maximum Gasteiger partial charge on any atom is 0.224 e. The van der Waals surface area contributed by atoms with Gasteiger partial charge >= 0.3 is 0 Å². The summed E-state index contributed by atoms with van der Waals surface area (Å²) in [5, 5.41) is 4.08.